The molecule has 0 bridgehead atoms. The maximum atomic E-state index is 13.1. The number of nitrogens with zero attached hydrogens (tertiary/aromatic N) is 3. The molecule has 0 aromatic carbocycles. The minimum atomic E-state index is -2.88. The molecule has 1 atom stereocenters. The number of hydrogen-bond donors (Lipinski definition) is 1. The molecular formula is C14H12F2N4O2. The van der Waals surface area contributed by atoms with Gasteiger partial charge in [-0.3, -0.25) is 4.79 Å². The fourth-order valence-electron chi connectivity index (χ4n) is 2.87. The van der Waals surface area contributed by atoms with E-state index < -0.39 is 12.5 Å². The molecule has 0 saturated carbocycles. The Morgan fingerprint density at radius 3 is 2.95 bits per heavy atom. The average Bonchev–Trinajstić information content (AvgIpc) is 2.95. The number of hydrogen-bond acceptors (Lipinski definition) is 5. The van der Waals surface area contributed by atoms with Gasteiger partial charge in [-0.05, 0) is 12.5 Å². The maximum absolute atomic E-state index is 13.1. The van der Waals surface area contributed by atoms with Gasteiger partial charge in [0.25, 0.3) is 0 Å². The highest BCUT2D eigenvalue weighted by molar-refractivity contribution is 5.99. The van der Waals surface area contributed by atoms with Crippen molar-refractivity contribution >= 4 is 5.78 Å². The van der Waals surface area contributed by atoms with Crippen molar-refractivity contribution in [3.05, 3.63) is 40.7 Å². The molecule has 22 heavy (non-hydrogen) atoms. The molecule has 8 heteroatoms. The molecule has 0 spiro atoms. The Kier molecular flexibility index (Phi) is 3.41. The summed E-state index contributed by atoms with van der Waals surface area (Å²) >= 11 is 0. The number of carbonyl (C=O) groups excluding carboxylic acids is 1. The molecule has 2 heterocycles. The van der Waals surface area contributed by atoms with Gasteiger partial charge >= 0.3 is 6.55 Å². The molecule has 0 saturated heterocycles. The van der Waals surface area contributed by atoms with E-state index >= 15 is 0 Å². The molecule has 3 rings (SSSR count). The average molecular weight is 306 g/mol. The van der Waals surface area contributed by atoms with Crippen LogP contribution in [0.1, 0.15) is 37.4 Å². The van der Waals surface area contributed by atoms with Crippen LogP contribution >= 0.6 is 0 Å². The number of nitriles is 1. The number of allylic oxidation sites excluding steroid dienone is 3. The van der Waals surface area contributed by atoms with Gasteiger partial charge in [0.1, 0.15) is 17.4 Å². The second kappa shape index (κ2) is 5.26. The Morgan fingerprint density at radius 1 is 1.50 bits per heavy atom. The molecule has 1 aromatic rings. The molecule has 114 valence electrons. The summed E-state index contributed by atoms with van der Waals surface area (Å²) in [5.74, 6) is -0.964. The number of nitrogens with two attached hydrogens (primary N) is 1. The Bertz CT molecular complexity index is 742. The SMILES string of the molecule is N#CC1=C(N)OC2=C(C(=O)CCC2)[C@@H]1c1ccnn1C(F)F. The van der Waals surface area contributed by atoms with Gasteiger partial charge in [-0.15, -0.1) is 0 Å². The molecule has 0 fully saturated rings. The Hall–Kier alpha value is -2.69. The molecular weight excluding hydrogens is 294 g/mol. The Balaban J connectivity index is 2.21. The summed E-state index contributed by atoms with van der Waals surface area (Å²) in [6, 6.07) is 3.23. The lowest BCUT2D eigenvalue weighted by molar-refractivity contribution is -0.116. The van der Waals surface area contributed by atoms with Crippen molar-refractivity contribution < 1.29 is 18.3 Å². The van der Waals surface area contributed by atoms with E-state index in [4.69, 9.17) is 10.5 Å². The van der Waals surface area contributed by atoms with Crippen LogP contribution in [-0.2, 0) is 9.53 Å². The van der Waals surface area contributed by atoms with Gasteiger partial charge in [-0.1, -0.05) is 0 Å². The lowest BCUT2D eigenvalue weighted by Gasteiger charge is -2.30. The van der Waals surface area contributed by atoms with Gasteiger partial charge in [-0.25, -0.2) is 4.68 Å². The zero-order chi connectivity index (χ0) is 15.9. The van der Waals surface area contributed by atoms with Gasteiger partial charge in [0.15, 0.2) is 5.78 Å². The summed E-state index contributed by atoms with van der Waals surface area (Å²) < 4.78 is 32.1. The molecule has 2 N–H and O–H groups in total. The van der Waals surface area contributed by atoms with Crippen LogP contribution in [0.5, 0.6) is 0 Å². The standard InChI is InChI=1S/C14H12F2N4O2/c15-14(16)20-8(4-5-19-20)11-7(6-17)13(18)22-10-3-1-2-9(21)12(10)11/h4-5,11,14H,1-3,18H2/t11-/m0/s1. The van der Waals surface area contributed by atoms with Crippen molar-refractivity contribution in [1.29, 1.82) is 5.26 Å². The number of Topliss-reactive ketones (excluding diaryl/α,β-unsaturated/α-hetero) is 1. The third-order valence-corrected chi connectivity index (χ3v) is 3.79. The topological polar surface area (TPSA) is 93.9 Å². The van der Waals surface area contributed by atoms with Gasteiger partial charge in [-0.2, -0.15) is 19.1 Å². The fourth-order valence-corrected chi connectivity index (χ4v) is 2.87. The number of aromatic nitrogens is 2. The monoisotopic (exact) mass is 306 g/mol. The molecule has 1 aliphatic heterocycles. The summed E-state index contributed by atoms with van der Waals surface area (Å²) in [5, 5.41) is 12.9. The van der Waals surface area contributed by atoms with Gasteiger partial charge in [0.2, 0.25) is 5.88 Å². The van der Waals surface area contributed by atoms with E-state index in [9.17, 15) is 18.8 Å². The van der Waals surface area contributed by atoms with E-state index in [0.29, 0.717) is 29.7 Å². The van der Waals surface area contributed by atoms with Crippen molar-refractivity contribution in [2.24, 2.45) is 5.73 Å². The van der Waals surface area contributed by atoms with Crippen molar-refractivity contribution in [2.45, 2.75) is 31.7 Å². The minimum absolute atomic E-state index is 0.0450. The smallest absolute Gasteiger partial charge is 0.333 e. The maximum Gasteiger partial charge on any atom is 0.333 e. The fraction of sp³-hybridized carbons (Fsp3) is 0.357. The minimum Gasteiger partial charge on any atom is -0.444 e. The normalized spacial score (nSPS) is 21.7. The first-order valence-corrected chi connectivity index (χ1v) is 6.70. The van der Waals surface area contributed by atoms with Crippen molar-refractivity contribution in [3.63, 3.8) is 0 Å². The van der Waals surface area contributed by atoms with E-state index in [0.717, 1.165) is 0 Å². The van der Waals surface area contributed by atoms with E-state index in [2.05, 4.69) is 5.10 Å². The predicted molar refractivity (Wildman–Crippen MR) is 70.0 cm³/mol. The van der Waals surface area contributed by atoms with Gasteiger partial charge < -0.3 is 10.5 Å². The molecule has 1 aromatic heterocycles. The van der Waals surface area contributed by atoms with E-state index in [1.807, 2.05) is 6.07 Å². The summed E-state index contributed by atoms with van der Waals surface area (Å²) in [5.41, 5.74) is 5.98. The number of ether oxygens (including phenoxy) is 1. The van der Waals surface area contributed by atoms with E-state index in [1.54, 1.807) is 0 Å². The van der Waals surface area contributed by atoms with Crippen molar-refractivity contribution in [1.82, 2.24) is 9.78 Å². The highest BCUT2D eigenvalue weighted by Crippen LogP contribution is 2.43. The third kappa shape index (κ3) is 2.06. The van der Waals surface area contributed by atoms with Crippen LogP contribution in [0.4, 0.5) is 8.78 Å². The second-order valence-electron chi connectivity index (χ2n) is 5.02. The highest BCUT2D eigenvalue weighted by atomic mass is 19.3. The van der Waals surface area contributed by atoms with Crippen LogP contribution in [0.2, 0.25) is 0 Å². The predicted octanol–water partition coefficient (Wildman–Crippen LogP) is 2.09. The van der Waals surface area contributed by atoms with Crippen LogP contribution in [0, 0.1) is 11.3 Å². The first-order chi connectivity index (χ1) is 10.5. The Morgan fingerprint density at radius 2 is 2.27 bits per heavy atom. The summed E-state index contributed by atoms with van der Waals surface area (Å²) in [4.78, 5) is 12.3. The Labute approximate surface area is 124 Å². The zero-order valence-electron chi connectivity index (χ0n) is 11.4. The van der Waals surface area contributed by atoms with E-state index in [1.165, 1.54) is 12.3 Å². The lowest BCUT2D eigenvalue weighted by Crippen LogP contribution is -2.28. The van der Waals surface area contributed by atoms with Crippen LogP contribution in [-0.4, -0.2) is 15.6 Å². The van der Waals surface area contributed by atoms with Crippen LogP contribution in [0.15, 0.2) is 35.1 Å². The number of ketones is 1. The molecule has 0 unspecified atom stereocenters. The summed E-state index contributed by atoms with van der Waals surface area (Å²) in [6.45, 7) is -2.88. The highest BCUT2D eigenvalue weighted by Gasteiger charge is 2.40. The van der Waals surface area contributed by atoms with Crippen molar-refractivity contribution in [3.8, 4) is 6.07 Å². The molecule has 6 nitrogen and oxygen atoms in total. The van der Waals surface area contributed by atoms with E-state index in [-0.39, 0.29) is 28.5 Å². The first-order valence-electron chi connectivity index (χ1n) is 6.70. The third-order valence-electron chi connectivity index (χ3n) is 3.79. The number of rotatable bonds is 2. The quantitative estimate of drug-likeness (QED) is 0.903. The molecule has 1 aliphatic carbocycles. The largest absolute Gasteiger partial charge is 0.444 e. The summed E-state index contributed by atoms with van der Waals surface area (Å²) in [6.07, 6.45) is 2.59. The first kappa shape index (κ1) is 14.3. The summed E-state index contributed by atoms with van der Waals surface area (Å²) in [7, 11) is 0. The van der Waals surface area contributed by atoms with Gasteiger partial charge in [0.05, 0.1) is 11.6 Å². The number of carbonyl (C=O) groups is 1. The van der Waals surface area contributed by atoms with Crippen molar-refractivity contribution in [2.75, 3.05) is 0 Å². The molecule has 0 radical (unpaired) electrons. The second-order valence-corrected chi connectivity index (χ2v) is 5.02. The molecule has 0 amide bonds. The number of halogens is 2. The number of alkyl halides is 2. The van der Waals surface area contributed by atoms with Gasteiger partial charge in [0, 0.05) is 24.6 Å². The molecule has 2 aliphatic rings. The lowest BCUT2D eigenvalue weighted by atomic mass is 9.79. The zero-order valence-corrected chi connectivity index (χ0v) is 11.4. The van der Waals surface area contributed by atoms with Crippen LogP contribution < -0.4 is 5.73 Å². The van der Waals surface area contributed by atoms with Crippen LogP contribution in [0.25, 0.3) is 0 Å². The van der Waals surface area contributed by atoms with Crippen LogP contribution in [0.3, 0.4) is 0 Å².